The van der Waals surface area contributed by atoms with Gasteiger partial charge in [-0.1, -0.05) is 35.9 Å². The molecule has 6 nitrogen and oxygen atoms in total. The standard InChI is InChI=1S/C24H20ClN3O3S/c1-14-10-16-6-3-4-9-20(16)27(14)22(29)13-31-24(30)21-12-19-15(2)26-28(23(19)32-21)18-8-5-7-17(25)11-18/h3-9,11-12,14H,10,13H2,1-2H3. The molecule has 0 fully saturated rings. The van der Waals surface area contributed by atoms with Crippen LogP contribution < -0.4 is 4.90 Å². The number of hydrogen-bond donors (Lipinski definition) is 0. The van der Waals surface area contributed by atoms with Crippen molar-refractivity contribution in [1.29, 1.82) is 0 Å². The maximum atomic E-state index is 12.8. The summed E-state index contributed by atoms with van der Waals surface area (Å²) in [6.07, 6.45) is 0.797. The van der Waals surface area contributed by atoms with Gasteiger partial charge >= 0.3 is 5.97 Å². The number of hydrogen-bond acceptors (Lipinski definition) is 5. The number of halogens is 1. The highest BCUT2D eigenvalue weighted by molar-refractivity contribution is 7.20. The van der Waals surface area contributed by atoms with Gasteiger partial charge in [0.1, 0.15) is 9.71 Å². The van der Waals surface area contributed by atoms with Gasteiger partial charge in [0.2, 0.25) is 0 Å². The molecule has 32 heavy (non-hydrogen) atoms. The van der Waals surface area contributed by atoms with Crippen LogP contribution >= 0.6 is 22.9 Å². The second kappa shape index (κ2) is 8.07. The van der Waals surface area contributed by atoms with Gasteiger partial charge in [0.05, 0.1) is 11.4 Å². The van der Waals surface area contributed by atoms with Gasteiger partial charge < -0.3 is 9.64 Å². The maximum Gasteiger partial charge on any atom is 0.348 e. The SMILES string of the molecule is Cc1nn(-c2cccc(Cl)c2)c2sc(C(=O)OCC(=O)N3c4ccccc4CC3C)cc12. The van der Waals surface area contributed by atoms with E-state index in [-0.39, 0.29) is 18.6 Å². The number of thiophene rings is 1. The minimum absolute atomic E-state index is 0.0363. The molecule has 0 N–H and O–H groups in total. The molecule has 0 spiro atoms. The van der Waals surface area contributed by atoms with Gasteiger partial charge in [0, 0.05) is 22.1 Å². The van der Waals surface area contributed by atoms with E-state index in [0.717, 1.165) is 39.3 Å². The third kappa shape index (κ3) is 3.57. The smallest absolute Gasteiger partial charge is 0.348 e. The molecule has 2 aromatic heterocycles. The van der Waals surface area contributed by atoms with Gasteiger partial charge in [-0.15, -0.1) is 11.3 Å². The van der Waals surface area contributed by atoms with Crippen molar-refractivity contribution in [3.63, 3.8) is 0 Å². The Morgan fingerprint density at radius 3 is 2.81 bits per heavy atom. The largest absolute Gasteiger partial charge is 0.451 e. The van der Waals surface area contributed by atoms with E-state index in [9.17, 15) is 9.59 Å². The van der Waals surface area contributed by atoms with E-state index >= 15 is 0 Å². The highest BCUT2D eigenvalue weighted by atomic mass is 35.5. The molecule has 0 saturated heterocycles. The van der Waals surface area contributed by atoms with Gasteiger partial charge in [-0.2, -0.15) is 5.10 Å². The fourth-order valence-electron chi connectivity index (χ4n) is 4.14. The van der Waals surface area contributed by atoms with Crippen LogP contribution in [0.3, 0.4) is 0 Å². The lowest BCUT2D eigenvalue weighted by Crippen LogP contribution is -2.38. The van der Waals surface area contributed by atoms with Crippen LogP contribution in [-0.2, 0) is 16.0 Å². The van der Waals surface area contributed by atoms with E-state index < -0.39 is 5.97 Å². The third-order valence-electron chi connectivity index (χ3n) is 5.60. The number of fused-ring (bicyclic) bond motifs is 2. The number of aromatic nitrogens is 2. The fourth-order valence-corrected chi connectivity index (χ4v) is 5.41. The molecule has 0 bridgehead atoms. The average molecular weight is 466 g/mol. The molecule has 1 atom stereocenters. The van der Waals surface area contributed by atoms with Crippen molar-refractivity contribution >= 4 is 50.7 Å². The lowest BCUT2D eigenvalue weighted by atomic mass is 10.1. The summed E-state index contributed by atoms with van der Waals surface area (Å²) in [5.74, 6) is -0.741. The van der Waals surface area contributed by atoms with Crippen molar-refractivity contribution in [2.45, 2.75) is 26.3 Å². The Kier molecular flexibility index (Phi) is 5.23. The molecule has 1 aliphatic rings. The second-order valence-corrected chi connectivity index (χ2v) is 9.30. The molecule has 1 amide bonds. The van der Waals surface area contributed by atoms with Gasteiger partial charge in [-0.25, -0.2) is 9.48 Å². The predicted octanol–water partition coefficient (Wildman–Crippen LogP) is 5.18. The van der Waals surface area contributed by atoms with Gasteiger partial charge in [-0.3, -0.25) is 4.79 Å². The molecule has 0 radical (unpaired) electrons. The van der Waals surface area contributed by atoms with E-state index in [4.69, 9.17) is 16.3 Å². The zero-order valence-corrected chi connectivity index (χ0v) is 19.1. The monoisotopic (exact) mass is 465 g/mol. The predicted molar refractivity (Wildman–Crippen MR) is 126 cm³/mol. The third-order valence-corrected chi connectivity index (χ3v) is 6.93. The highest BCUT2D eigenvalue weighted by Crippen LogP contribution is 2.33. The van der Waals surface area contributed by atoms with Gasteiger partial charge in [0.15, 0.2) is 6.61 Å². The zero-order valence-electron chi connectivity index (χ0n) is 17.5. The first-order valence-corrected chi connectivity index (χ1v) is 11.4. The highest BCUT2D eigenvalue weighted by Gasteiger charge is 2.31. The minimum atomic E-state index is -0.517. The molecule has 4 aromatic rings. The maximum absolute atomic E-state index is 12.8. The van der Waals surface area contributed by atoms with Crippen molar-refractivity contribution < 1.29 is 14.3 Å². The van der Waals surface area contributed by atoms with E-state index in [0.29, 0.717) is 9.90 Å². The van der Waals surface area contributed by atoms with Crippen LogP contribution in [0.1, 0.15) is 27.9 Å². The Balaban J connectivity index is 1.35. The van der Waals surface area contributed by atoms with Crippen molar-refractivity contribution in [2.24, 2.45) is 0 Å². The number of rotatable bonds is 4. The first-order valence-electron chi connectivity index (χ1n) is 10.2. The summed E-state index contributed by atoms with van der Waals surface area (Å²) >= 11 is 7.41. The molecule has 5 rings (SSSR count). The molecule has 1 unspecified atom stereocenters. The Hall–Kier alpha value is -3.16. The molecule has 2 aromatic carbocycles. The van der Waals surface area contributed by atoms with Crippen LogP contribution in [0.15, 0.2) is 54.6 Å². The van der Waals surface area contributed by atoms with Gasteiger partial charge in [-0.05, 0) is 56.2 Å². The van der Waals surface area contributed by atoms with Crippen LogP contribution in [0, 0.1) is 6.92 Å². The molecule has 162 valence electrons. The topological polar surface area (TPSA) is 64.4 Å². The lowest BCUT2D eigenvalue weighted by Gasteiger charge is -2.22. The number of esters is 1. The summed E-state index contributed by atoms with van der Waals surface area (Å²) in [5.41, 5.74) is 3.63. The Morgan fingerprint density at radius 1 is 1.19 bits per heavy atom. The zero-order chi connectivity index (χ0) is 22.4. The number of nitrogens with zero attached hydrogens (tertiary/aromatic N) is 3. The summed E-state index contributed by atoms with van der Waals surface area (Å²) in [4.78, 5) is 28.5. The number of benzene rings is 2. The number of anilines is 1. The van der Waals surface area contributed by atoms with E-state index in [1.54, 1.807) is 21.7 Å². The van der Waals surface area contributed by atoms with E-state index in [1.807, 2.05) is 56.3 Å². The fraction of sp³-hybridized carbons (Fsp3) is 0.208. The first kappa shape index (κ1) is 20.7. The normalized spacial score (nSPS) is 15.2. The molecule has 1 aliphatic heterocycles. The average Bonchev–Trinajstić information content (AvgIpc) is 3.44. The molecule has 3 heterocycles. The summed E-state index contributed by atoms with van der Waals surface area (Å²) in [5, 5.41) is 6.05. The van der Waals surface area contributed by atoms with Crippen LogP contribution in [0.25, 0.3) is 15.9 Å². The minimum Gasteiger partial charge on any atom is -0.451 e. The van der Waals surface area contributed by atoms with Crippen LogP contribution in [0.4, 0.5) is 5.69 Å². The lowest BCUT2D eigenvalue weighted by molar-refractivity contribution is -0.122. The number of ether oxygens (including phenoxy) is 1. The molecular weight excluding hydrogens is 446 g/mol. The number of aryl methyl sites for hydroxylation is 1. The van der Waals surface area contributed by atoms with Crippen molar-refractivity contribution in [2.75, 3.05) is 11.5 Å². The van der Waals surface area contributed by atoms with Crippen molar-refractivity contribution in [1.82, 2.24) is 9.78 Å². The van der Waals surface area contributed by atoms with Crippen LogP contribution in [-0.4, -0.2) is 34.3 Å². The summed E-state index contributed by atoms with van der Waals surface area (Å²) in [7, 11) is 0. The Morgan fingerprint density at radius 2 is 2.00 bits per heavy atom. The molecular formula is C24H20ClN3O3S. The van der Waals surface area contributed by atoms with Crippen LogP contribution in [0.5, 0.6) is 0 Å². The Labute approximate surface area is 194 Å². The van der Waals surface area contributed by atoms with Crippen molar-refractivity contribution in [3.05, 3.63) is 75.8 Å². The number of para-hydroxylation sites is 1. The van der Waals surface area contributed by atoms with E-state index in [1.165, 1.54) is 11.3 Å². The number of carbonyl (C=O) groups excluding carboxylic acids is 2. The first-order chi connectivity index (χ1) is 15.4. The summed E-state index contributed by atoms with van der Waals surface area (Å²) in [6.45, 7) is 3.59. The molecule has 8 heteroatoms. The molecule has 0 aliphatic carbocycles. The quantitative estimate of drug-likeness (QED) is 0.389. The van der Waals surface area contributed by atoms with Gasteiger partial charge in [0.25, 0.3) is 5.91 Å². The molecule has 0 saturated carbocycles. The number of amides is 1. The van der Waals surface area contributed by atoms with Crippen LogP contribution in [0.2, 0.25) is 5.02 Å². The second-order valence-electron chi connectivity index (χ2n) is 7.83. The summed E-state index contributed by atoms with van der Waals surface area (Å²) < 4.78 is 7.17. The van der Waals surface area contributed by atoms with Crippen molar-refractivity contribution in [3.8, 4) is 5.69 Å². The van der Waals surface area contributed by atoms with E-state index in [2.05, 4.69) is 5.10 Å². The Bertz CT molecular complexity index is 1360. The number of carbonyl (C=O) groups is 2. The summed E-state index contributed by atoms with van der Waals surface area (Å²) in [6, 6.07) is 17.0.